The van der Waals surface area contributed by atoms with Gasteiger partial charge in [0.25, 0.3) is 5.91 Å². The summed E-state index contributed by atoms with van der Waals surface area (Å²) in [6, 6.07) is 6.31. The van der Waals surface area contributed by atoms with Gasteiger partial charge < -0.3 is 5.32 Å². The van der Waals surface area contributed by atoms with Crippen molar-refractivity contribution < 1.29 is 17.6 Å². The number of thiophene rings is 1. The predicted octanol–water partition coefficient (Wildman–Crippen LogP) is 2.75. The lowest BCUT2D eigenvalue weighted by molar-refractivity contribution is 0.0954. The Balaban J connectivity index is 1.79. The molecule has 0 aliphatic rings. The van der Waals surface area contributed by atoms with Gasteiger partial charge in [-0.1, -0.05) is 0 Å². The number of rotatable bonds is 5. The lowest BCUT2D eigenvalue weighted by atomic mass is 10.2. The van der Waals surface area contributed by atoms with Crippen molar-refractivity contribution in [1.82, 2.24) is 15.3 Å². The first-order valence-electron chi connectivity index (χ1n) is 7.52. The average molecular weight is 391 g/mol. The maximum absolute atomic E-state index is 13.2. The molecule has 0 saturated heterocycles. The SMILES string of the molecule is Cc1cc(F)ccc1S(=O)(=O)c1ccc(C(=O)NCc2cnccn2)s1. The van der Waals surface area contributed by atoms with Gasteiger partial charge in [0.2, 0.25) is 9.84 Å². The molecule has 0 atom stereocenters. The fourth-order valence-corrected chi connectivity index (χ4v) is 5.11. The summed E-state index contributed by atoms with van der Waals surface area (Å²) in [6.45, 7) is 1.71. The van der Waals surface area contributed by atoms with E-state index in [2.05, 4.69) is 15.3 Å². The van der Waals surface area contributed by atoms with Gasteiger partial charge >= 0.3 is 0 Å². The van der Waals surface area contributed by atoms with Crippen molar-refractivity contribution in [3.05, 3.63) is 70.9 Å². The van der Waals surface area contributed by atoms with E-state index in [1.54, 1.807) is 0 Å². The van der Waals surface area contributed by atoms with E-state index in [1.165, 1.54) is 43.7 Å². The van der Waals surface area contributed by atoms with E-state index >= 15 is 0 Å². The number of nitrogens with one attached hydrogen (secondary N) is 1. The normalized spacial score (nSPS) is 11.3. The first-order chi connectivity index (χ1) is 12.4. The molecular weight excluding hydrogens is 377 g/mol. The zero-order chi connectivity index (χ0) is 18.7. The largest absolute Gasteiger partial charge is 0.346 e. The molecule has 0 saturated carbocycles. The van der Waals surface area contributed by atoms with Crippen LogP contribution in [0.4, 0.5) is 4.39 Å². The van der Waals surface area contributed by atoms with Crippen LogP contribution >= 0.6 is 11.3 Å². The van der Waals surface area contributed by atoms with Crippen LogP contribution in [0.5, 0.6) is 0 Å². The molecule has 1 N–H and O–H groups in total. The lowest BCUT2D eigenvalue weighted by Gasteiger charge is -2.06. The molecule has 9 heteroatoms. The zero-order valence-corrected chi connectivity index (χ0v) is 15.3. The Morgan fingerprint density at radius 1 is 1.23 bits per heavy atom. The van der Waals surface area contributed by atoms with Crippen LogP contribution in [0.3, 0.4) is 0 Å². The molecule has 0 radical (unpaired) electrons. The van der Waals surface area contributed by atoms with Crippen LogP contribution < -0.4 is 5.32 Å². The van der Waals surface area contributed by atoms with Gasteiger partial charge in [0.15, 0.2) is 0 Å². The monoisotopic (exact) mass is 391 g/mol. The number of carbonyl (C=O) groups excluding carboxylic acids is 1. The van der Waals surface area contributed by atoms with Gasteiger partial charge in [-0.25, -0.2) is 12.8 Å². The molecule has 0 fully saturated rings. The van der Waals surface area contributed by atoms with E-state index in [-0.39, 0.29) is 20.5 Å². The Morgan fingerprint density at radius 3 is 2.73 bits per heavy atom. The summed E-state index contributed by atoms with van der Waals surface area (Å²) >= 11 is 0.861. The number of amides is 1. The van der Waals surface area contributed by atoms with E-state index in [9.17, 15) is 17.6 Å². The third kappa shape index (κ3) is 3.78. The van der Waals surface area contributed by atoms with Gasteiger partial charge in [0.1, 0.15) is 10.0 Å². The Kier molecular flexibility index (Phi) is 5.10. The molecule has 134 valence electrons. The first kappa shape index (κ1) is 18.2. The number of halogens is 1. The molecule has 3 aromatic rings. The van der Waals surface area contributed by atoms with Crippen molar-refractivity contribution in [2.45, 2.75) is 22.6 Å². The molecule has 0 aliphatic carbocycles. The number of hydrogen-bond acceptors (Lipinski definition) is 6. The first-order valence-corrected chi connectivity index (χ1v) is 9.82. The van der Waals surface area contributed by atoms with Gasteiger partial charge in [-0.15, -0.1) is 11.3 Å². The Bertz CT molecular complexity index is 1050. The average Bonchev–Trinajstić information content (AvgIpc) is 3.11. The van der Waals surface area contributed by atoms with E-state index in [1.807, 2.05) is 0 Å². The van der Waals surface area contributed by atoms with E-state index < -0.39 is 21.6 Å². The second-order valence-electron chi connectivity index (χ2n) is 5.41. The Morgan fingerprint density at radius 2 is 2.04 bits per heavy atom. The van der Waals surface area contributed by atoms with Crippen LogP contribution in [-0.4, -0.2) is 24.3 Å². The number of aryl methyl sites for hydroxylation is 1. The Hall–Kier alpha value is -2.65. The molecule has 0 bridgehead atoms. The molecule has 2 aromatic heterocycles. The quantitative estimate of drug-likeness (QED) is 0.676. The van der Waals surface area contributed by atoms with Crippen molar-refractivity contribution in [2.24, 2.45) is 0 Å². The maximum Gasteiger partial charge on any atom is 0.261 e. The summed E-state index contributed by atoms with van der Waals surface area (Å²) in [7, 11) is -3.82. The molecular formula is C17H14FN3O3S2. The van der Waals surface area contributed by atoms with Crippen LogP contribution in [0, 0.1) is 12.7 Å². The van der Waals surface area contributed by atoms with Crippen molar-refractivity contribution in [2.75, 3.05) is 0 Å². The molecule has 3 rings (SSSR count). The van der Waals surface area contributed by atoms with E-state index in [0.717, 1.165) is 23.5 Å². The van der Waals surface area contributed by atoms with Gasteiger partial charge in [0, 0.05) is 12.4 Å². The number of sulfone groups is 1. The molecule has 1 aromatic carbocycles. The number of hydrogen-bond donors (Lipinski definition) is 1. The summed E-state index contributed by atoms with van der Waals surface area (Å²) in [4.78, 5) is 20.4. The van der Waals surface area contributed by atoms with Crippen LogP contribution in [0.15, 0.2) is 58.0 Å². The summed E-state index contributed by atoms with van der Waals surface area (Å²) in [5.74, 6) is -0.908. The topological polar surface area (TPSA) is 89.0 Å². The molecule has 26 heavy (non-hydrogen) atoms. The Labute approximate surface area is 153 Å². The predicted molar refractivity (Wildman–Crippen MR) is 94.1 cm³/mol. The van der Waals surface area contributed by atoms with Gasteiger partial charge in [0.05, 0.1) is 28.2 Å². The molecule has 1 amide bonds. The van der Waals surface area contributed by atoms with Crippen LogP contribution in [-0.2, 0) is 16.4 Å². The maximum atomic E-state index is 13.2. The standard InChI is InChI=1S/C17H14FN3O3S2/c1-11-8-12(18)2-4-15(11)26(23,24)16-5-3-14(25-16)17(22)21-10-13-9-19-6-7-20-13/h2-9H,10H2,1H3,(H,21,22). The zero-order valence-electron chi connectivity index (χ0n) is 13.6. The number of benzene rings is 1. The van der Waals surface area contributed by atoms with Crippen molar-refractivity contribution in [3.63, 3.8) is 0 Å². The molecule has 6 nitrogen and oxygen atoms in total. The minimum absolute atomic E-state index is 0.0206. The summed E-state index contributed by atoms with van der Waals surface area (Å²) < 4.78 is 38.7. The van der Waals surface area contributed by atoms with Crippen molar-refractivity contribution in [1.29, 1.82) is 0 Å². The number of nitrogens with zero attached hydrogens (tertiary/aromatic N) is 2. The second-order valence-corrected chi connectivity index (χ2v) is 8.64. The fourth-order valence-electron chi connectivity index (χ4n) is 2.29. The number of aromatic nitrogens is 2. The molecule has 0 spiro atoms. The van der Waals surface area contributed by atoms with Gasteiger partial charge in [-0.2, -0.15) is 0 Å². The molecule has 0 unspecified atom stereocenters. The number of carbonyl (C=O) groups is 1. The summed E-state index contributed by atoms with van der Waals surface area (Å²) in [6.07, 6.45) is 4.57. The minimum Gasteiger partial charge on any atom is -0.346 e. The summed E-state index contributed by atoms with van der Waals surface area (Å²) in [5, 5.41) is 2.66. The van der Waals surface area contributed by atoms with Crippen molar-refractivity contribution in [3.8, 4) is 0 Å². The van der Waals surface area contributed by atoms with E-state index in [4.69, 9.17) is 0 Å². The van der Waals surface area contributed by atoms with Crippen LogP contribution in [0.1, 0.15) is 20.9 Å². The van der Waals surface area contributed by atoms with Gasteiger partial charge in [-0.05, 0) is 42.8 Å². The third-order valence-corrected chi connectivity index (χ3v) is 7.03. The van der Waals surface area contributed by atoms with Crippen LogP contribution in [0.25, 0.3) is 0 Å². The second kappa shape index (κ2) is 7.30. The van der Waals surface area contributed by atoms with Crippen molar-refractivity contribution >= 4 is 27.1 Å². The molecule has 2 heterocycles. The highest BCUT2D eigenvalue weighted by Gasteiger charge is 2.23. The summed E-state index contributed by atoms with van der Waals surface area (Å²) in [5.41, 5.74) is 0.902. The fraction of sp³-hybridized carbons (Fsp3) is 0.118. The lowest BCUT2D eigenvalue weighted by Crippen LogP contribution is -2.22. The van der Waals surface area contributed by atoms with Crippen LogP contribution in [0.2, 0.25) is 0 Å². The third-order valence-electron chi connectivity index (χ3n) is 3.54. The molecule has 0 aliphatic heterocycles. The smallest absolute Gasteiger partial charge is 0.261 e. The van der Waals surface area contributed by atoms with E-state index in [0.29, 0.717) is 11.3 Å². The minimum atomic E-state index is -3.82. The highest BCUT2D eigenvalue weighted by Crippen LogP contribution is 2.29. The highest BCUT2D eigenvalue weighted by molar-refractivity contribution is 7.93. The highest BCUT2D eigenvalue weighted by atomic mass is 32.2. The van der Waals surface area contributed by atoms with Gasteiger partial charge in [-0.3, -0.25) is 14.8 Å².